The minimum absolute atomic E-state index is 0.490. The molecule has 1 aliphatic rings. The van der Waals surface area contributed by atoms with Crippen LogP contribution in [0, 0.1) is 6.61 Å². The second kappa shape index (κ2) is 2.46. The molecule has 8 heavy (non-hydrogen) atoms. The van der Waals surface area contributed by atoms with Gasteiger partial charge in [-0.2, -0.15) is 0 Å². The fourth-order valence-corrected chi connectivity index (χ4v) is 0.712. The monoisotopic (exact) mass is 114 g/mol. The van der Waals surface area contributed by atoms with Crippen LogP contribution in [-0.2, 0) is 4.74 Å². The van der Waals surface area contributed by atoms with Crippen LogP contribution < -0.4 is 0 Å². The standard InChI is InChI=1S/C6H12NO/c1-6-5-8-4-3-7(6)2/h5-6H,3-4H2,1-2H3. The van der Waals surface area contributed by atoms with Crippen LogP contribution in [0.5, 0.6) is 0 Å². The molecule has 1 fully saturated rings. The molecule has 1 unspecified atom stereocenters. The van der Waals surface area contributed by atoms with Crippen molar-refractivity contribution in [2.75, 3.05) is 20.2 Å². The van der Waals surface area contributed by atoms with Gasteiger partial charge >= 0.3 is 0 Å². The Morgan fingerprint density at radius 1 is 1.75 bits per heavy atom. The van der Waals surface area contributed by atoms with Crippen LogP contribution in [-0.4, -0.2) is 31.1 Å². The van der Waals surface area contributed by atoms with Gasteiger partial charge in [-0.1, -0.05) is 0 Å². The first kappa shape index (κ1) is 6.05. The van der Waals surface area contributed by atoms with Crippen LogP contribution in [0.1, 0.15) is 6.92 Å². The van der Waals surface area contributed by atoms with Gasteiger partial charge in [0.1, 0.15) is 6.61 Å². The molecule has 0 spiro atoms. The van der Waals surface area contributed by atoms with Crippen molar-refractivity contribution in [3.63, 3.8) is 0 Å². The number of morpholine rings is 1. The molecule has 0 N–H and O–H groups in total. The fraction of sp³-hybridized carbons (Fsp3) is 0.833. The summed E-state index contributed by atoms with van der Waals surface area (Å²) in [7, 11) is 2.10. The third-order valence-electron chi connectivity index (χ3n) is 1.55. The molecule has 1 atom stereocenters. The Morgan fingerprint density at radius 3 is 2.88 bits per heavy atom. The lowest BCUT2D eigenvalue weighted by atomic mass is 10.3. The molecule has 0 aromatic heterocycles. The molecule has 1 rings (SSSR count). The molecule has 0 bridgehead atoms. The topological polar surface area (TPSA) is 12.5 Å². The maximum absolute atomic E-state index is 5.09. The van der Waals surface area contributed by atoms with Gasteiger partial charge in [0, 0.05) is 12.6 Å². The quantitative estimate of drug-likeness (QED) is 0.454. The Bertz CT molecular complexity index is 64.9. The second-order valence-corrected chi connectivity index (χ2v) is 2.23. The van der Waals surface area contributed by atoms with Gasteiger partial charge in [0.2, 0.25) is 0 Å². The van der Waals surface area contributed by atoms with E-state index in [9.17, 15) is 0 Å². The predicted molar refractivity (Wildman–Crippen MR) is 32.3 cm³/mol. The maximum atomic E-state index is 5.09. The molecule has 0 aromatic rings. The van der Waals surface area contributed by atoms with Crippen LogP contribution in [0.3, 0.4) is 0 Å². The molecule has 0 amide bonds. The molecule has 47 valence electrons. The van der Waals surface area contributed by atoms with Gasteiger partial charge in [0.15, 0.2) is 0 Å². The number of hydrogen-bond donors (Lipinski definition) is 0. The first-order valence-electron chi connectivity index (χ1n) is 2.96. The van der Waals surface area contributed by atoms with Crippen molar-refractivity contribution in [1.82, 2.24) is 4.90 Å². The molecule has 0 aromatic carbocycles. The van der Waals surface area contributed by atoms with Crippen LogP contribution in [0.4, 0.5) is 0 Å². The first-order valence-corrected chi connectivity index (χ1v) is 2.96. The number of ether oxygens (including phenoxy) is 1. The number of rotatable bonds is 0. The Kier molecular flexibility index (Phi) is 1.86. The summed E-state index contributed by atoms with van der Waals surface area (Å²) >= 11 is 0. The lowest BCUT2D eigenvalue weighted by molar-refractivity contribution is 0.0635. The second-order valence-electron chi connectivity index (χ2n) is 2.23. The van der Waals surface area contributed by atoms with Crippen molar-refractivity contribution in [3.05, 3.63) is 6.61 Å². The van der Waals surface area contributed by atoms with E-state index in [2.05, 4.69) is 18.9 Å². The van der Waals surface area contributed by atoms with E-state index >= 15 is 0 Å². The molecule has 0 aliphatic carbocycles. The summed E-state index contributed by atoms with van der Waals surface area (Å²) in [6, 6.07) is 0.490. The van der Waals surface area contributed by atoms with Gasteiger partial charge in [-0.05, 0) is 14.0 Å². The minimum atomic E-state index is 0.490. The van der Waals surface area contributed by atoms with Crippen molar-refractivity contribution in [2.24, 2.45) is 0 Å². The largest absolute Gasteiger partial charge is 0.372 e. The highest BCUT2D eigenvalue weighted by molar-refractivity contribution is 4.75. The average Bonchev–Trinajstić information content (AvgIpc) is 1.77. The first-order chi connectivity index (χ1) is 3.80. The molecule has 1 aliphatic heterocycles. The summed E-state index contributed by atoms with van der Waals surface area (Å²) in [5.74, 6) is 0. The van der Waals surface area contributed by atoms with E-state index in [0.717, 1.165) is 13.2 Å². The Hall–Kier alpha value is -0.0800. The van der Waals surface area contributed by atoms with Crippen LogP contribution in [0.2, 0.25) is 0 Å². The van der Waals surface area contributed by atoms with Gasteiger partial charge in [0.05, 0.1) is 6.61 Å². The van der Waals surface area contributed by atoms with Crippen molar-refractivity contribution in [1.29, 1.82) is 0 Å². The molecule has 2 heteroatoms. The fourth-order valence-electron chi connectivity index (χ4n) is 0.712. The zero-order chi connectivity index (χ0) is 5.98. The van der Waals surface area contributed by atoms with E-state index in [1.807, 2.05) is 6.61 Å². The highest BCUT2D eigenvalue weighted by Gasteiger charge is 2.13. The van der Waals surface area contributed by atoms with Crippen LogP contribution in [0.25, 0.3) is 0 Å². The molecule has 1 heterocycles. The SMILES string of the molecule is CC1[CH]OCCN1C. The highest BCUT2D eigenvalue weighted by Crippen LogP contribution is 2.05. The lowest BCUT2D eigenvalue weighted by Crippen LogP contribution is -2.37. The van der Waals surface area contributed by atoms with Crippen molar-refractivity contribution < 1.29 is 4.74 Å². The van der Waals surface area contributed by atoms with Gasteiger partial charge in [0.25, 0.3) is 0 Å². The molecular weight excluding hydrogens is 102 g/mol. The minimum Gasteiger partial charge on any atom is -0.372 e. The van der Waals surface area contributed by atoms with Crippen molar-refractivity contribution in [2.45, 2.75) is 13.0 Å². The third kappa shape index (κ3) is 1.20. The summed E-state index contributed by atoms with van der Waals surface area (Å²) in [5, 5.41) is 0. The van der Waals surface area contributed by atoms with Crippen molar-refractivity contribution in [3.8, 4) is 0 Å². The van der Waals surface area contributed by atoms with Gasteiger partial charge in [-0.15, -0.1) is 0 Å². The Labute approximate surface area is 50.4 Å². The molecule has 1 radical (unpaired) electrons. The Morgan fingerprint density at radius 2 is 2.50 bits per heavy atom. The maximum Gasteiger partial charge on any atom is 0.100 e. The molecule has 2 nitrogen and oxygen atoms in total. The zero-order valence-electron chi connectivity index (χ0n) is 5.42. The Balaban J connectivity index is 2.28. The molecule has 0 saturated carbocycles. The van der Waals surface area contributed by atoms with Gasteiger partial charge < -0.3 is 4.74 Å². The highest BCUT2D eigenvalue weighted by atomic mass is 16.5. The smallest absolute Gasteiger partial charge is 0.100 e. The number of hydrogen-bond acceptors (Lipinski definition) is 2. The van der Waals surface area contributed by atoms with Crippen LogP contribution in [0.15, 0.2) is 0 Å². The summed E-state index contributed by atoms with van der Waals surface area (Å²) in [6.07, 6.45) is 0. The predicted octanol–water partition coefficient (Wildman–Crippen LogP) is 0.499. The number of nitrogens with zero attached hydrogens (tertiary/aromatic N) is 1. The van der Waals surface area contributed by atoms with E-state index in [1.165, 1.54) is 0 Å². The van der Waals surface area contributed by atoms with E-state index in [1.54, 1.807) is 0 Å². The average molecular weight is 114 g/mol. The molecular formula is C6H12NO. The van der Waals surface area contributed by atoms with E-state index in [0.29, 0.717) is 6.04 Å². The van der Waals surface area contributed by atoms with Gasteiger partial charge in [-0.25, -0.2) is 0 Å². The van der Waals surface area contributed by atoms with Crippen LogP contribution >= 0.6 is 0 Å². The van der Waals surface area contributed by atoms with E-state index < -0.39 is 0 Å². The number of likely N-dealkylation sites (N-methyl/N-ethyl adjacent to an activating group) is 1. The zero-order valence-corrected chi connectivity index (χ0v) is 5.42. The van der Waals surface area contributed by atoms with Crippen molar-refractivity contribution >= 4 is 0 Å². The summed E-state index contributed by atoms with van der Waals surface area (Å²) in [6.45, 7) is 5.90. The summed E-state index contributed by atoms with van der Waals surface area (Å²) in [5.41, 5.74) is 0. The summed E-state index contributed by atoms with van der Waals surface area (Å²) in [4.78, 5) is 2.25. The van der Waals surface area contributed by atoms with Gasteiger partial charge in [-0.3, -0.25) is 4.90 Å². The lowest BCUT2D eigenvalue weighted by Gasteiger charge is -2.28. The summed E-state index contributed by atoms with van der Waals surface area (Å²) < 4.78 is 5.09. The van der Waals surface area contributed by atoms with E-state index in [-0.39, 0.29) is 0 Å². The van der Waals surface area contributed by atoms with E-state index in [4.69, 9.17) is 4.74 Å². The molecule has 1 saturated heterocycles. The third-order valence-corrected chi connectivity index (χ3v) is 1.55. The normalized spacial score (nSPS) is 33.0.